The first kappa shape index (κ1) is 17.2. The highest BCUT2D eigenvalue weighted by Gasteiger charge is 2.28. The van der Waals surface area contributed by atoms with Crippen molar-refractivity contribution in [2.75, 3.05) is 20.2 Å². The molecule has 0 atom stereocenters. The molecule has 1 aliphatic heterocycles. The molecule has 1 aromatic carbocycles. The third kappa shape index (κ3) is 3.53. The van der Waals surface area contributed by atoms with Gasteiger partial charge in [0.1, 0.15) is 5.75 Å². The average Bonchev–Trinajstić information content (AvgIpc) is 3.24. The zero-order valence-corrected chi connectivity index (χ0v) is 15.0. The van der Waals surface area contributed by atoms with Crippen molar-refractivity contribution in [2.45, 2.75) is 18.8 Å². The molecule has 4 rings (SSSR count). The summed E-state index contributed by atoms with van der Waals surface area (Å²) in [6.45, 7) is 1.31. The smallest absolute Gasteiger partial charge is 0.258 e. The van der Waals surface area contributed by atoms with Crippen LogP contribution in [0.25, 0.3) is 11.5 Å². The summed E-state index contributed by atoms with van der Waals surface area (Å²) in [5, 5.41) is 4.14. The number of pyridine rings is 1. The highest BCUT2D eigenvalue weighted by molar-refractivity contribution is 5.97. The number of hydrogen-bond acceptors (Lipinski definition) is 6. The summed E-state index contributed by atoms with van der Waals surface area (Å²) in [7, 11) is 1.58. The maximum atomic E-state index is 12.8. The predicted octanol–water partition coefficient (Wildman–Crippen LogP) is 3.16. The van der Waals surface area contributed by atoms with E-state index in [1.807, 2.05) is 29.2 Å². The lowest BCUT2D eigenvalue weighted by Crippen LogP contribution is -2.38. The fourth-order valence-corrected chi connectivity index (χ4v) is 3.34. The lowest BCUT2D eigenvalue weighted by molar-refractivity contribution is 0.0707. The van der Waals surface area contributed by atoms with E-state index < -0.39 is 0 Å². The van der Waals surface area contributed by atoms with E-state index in [9.17, 15) is 4.79 Å². The van der Waals surface area contributed by atoms with Crippen LogP contribution in [0.3, 0.4) is 0 Å². The lowest BCUT2D eigenvalue weighted by atomic mass is 9.95. The van der Waals surface area contributed by atoms with E-state index in [1.54, 1.807) is 31.6 Å². The number of methoxy groups -OCH3 is 1. The number of para-hydroxylation sites is 1. The van der Waals surface area contributed by atoms with Crippen molar-refractivity contribution in [1.29, 1.82) is 0 Å². The number of likely N-dealkylation sites (tertiary alicyclic amines) is 1. The molecule has 0 bridgehead atoms. The second-order valence-corrected chi connectivity index (χ2v) is 6.46. The lowest BCUT2D eigenvalue weighted by Gasteiger charge is -2.31. The Balaban J connectivity index is 1.42. The number of hydrogen-bond donors (Lipinski definition) is 0. The molecule has 7 nitrogen and oxygen atoms in total. The summed E-state index contributed by atoms with van der Waals surface area (Å²) >= 11 is 0. The van der Waals surface area contributed by atoms with E-state index in [0.29, 0.717) is 36.1 Å². The van der Waals surface area contributed by atoms with Crippen LogP contribution in [0.15, 0.2) is 53.3 Å². The molecule has 138 valence electrons. The molecule has 1 fully saturated rings. The topological polar surface area (TPSA) is 81.4 Å². The maximum absolute atomic E-state index is 12.8. The van der Waals surface area contributed by atoms with Gasteiger partial charge in [0.25, 0.3) is 11.8 Å². The van der Waals surface area contributed by atoms with Gasteiger partial charge in [-0.15, -0.1) is 0 Å². The van der Waals surface area contributed by atoms with Crippen molar-refractivity contribution in [3.05, 3.63) is 60.2 Å². The third-order valence-corrected chi connectivity index (χ3v) is 4.85. The van der Waals surface area contributed by atoms with Crippen LogP contribution in [0, 0.1) is 0 Å². The van der Waals surface area contributed by atoms with Gasteiger partial charge in [-0.2, -0.15) is 4.98 Å². The summed E-state index contributed by atoms with van der Waals surface area (Å²) in [6.07, 6.45) is 4.99. The summed E-state index contributed by atoms with van der Waals surface area (Å²) in [5.74, 6) is 1.98. The van der Waals surface area contributed by atoms with Crippen molar-refractivity contribution in [3.63, 3.8) is 0 Å². The molecule has 27 heavy (non-hydrogen) atoms. The van der Waals surface area contributed by atoms with Gasteiger partial charge in [-0.05, 0) is 37.1 Å². The Bertz CT molecular complexity index is 918. The number of benzene rings is 1. The molecule has 1 aliphatic rings. The first-order chi connectivity index (χ1) is 13.3. The Morgan fingerprint density at radius 3 is 2.63 bits per heavy atom. The summed E-state index contributed by atoms with van der Waals surface area (Å²) in [4.78, 5) is 23.2. The Morgan fingerprint density at radius 2 is 1.89 bits per heavy atom. The fraction of sp³-hybridized carbons (Fsp3) is 0.300. The number of nitrogens with zero attached hydrogens (tertiary/aromatic N) is 4. The number of carbonyl (C=O) groups excluding carboxylic acids is 1. The van der Waals surface area contributed by atoms with Gasteiger partial charge >= 0.3 is 0 Å². The molecule has 0 aliphatic carbocycles. The molecule has 2 aromatic heterocycles. The van der Waals surface area contributed by atoms with Crippen molar-refractivity contribution in [3.8, 4) is 17.2 Å². The predicted molar refractivity (Wildman–Crippen MR) is 98.4 cm³/mol. The highest BCUT2D eigenvalue weighted by atomic mass is 16.5. The Labute approximate surface area is 157 Å². The van der Waals surface area contributed by atoms with E-state index >= 15 is 0 Å². The standard InChI is InChI=1S/C20H20N4O3/c1-26-17-5-3-2-4-16(17)20(25)24-12-8-14(9-13-24)18-22-19(27-23-18)15-6-10-21-11-7-15/h2-7,10-11,14H,8-9,12-13H2,1H3. The minimum atomic E-state index is -0.00325. The largest absolute Gasteiger partial charge is 0.496 e. The van der Waals surface area contributed by atoms with Crippen molar-refractivity contribution < 1.29 is 14.1 Å². The van der Waals surface area contributed by atoms with Gasteiger partial charge < -0.3 is 14.2 Å². The number of carbonyl (C=O) groups is 1. The second kappa shape index (κ2) is 7.57. The zero-order valence-electron chi connectivity index (χ0n) is 15.0. The van der Waals surface area contributed by atoms with Crippen LogP contribution in [-0.4, -0.2) is 46.1 Å². The molecule has 0 N–H and O–H groups in total. The van der Waals surface area contributed by atoms with Crippen LogP contribution < -0.4 is 4.74 Å². The molecule has 1 saturated heterocycles. The Morgan fingerprint density at radius 1 is 1.15 bits per heavy atom. The molecule has 1 amide bonds. The SMILES string of the molecule is COc1ccccc1C(=O)N1CCC(c2noc(-c3ccncc3)n2)CC1. The van der Waals surface area contributed by atoms with E-state index in [-0.39, 0.29) is 11.8 Å². The number of rotatable bonds is 4. The van der Waals surface area contributed by atoms with Crippen molar-refractivity contribution in [1.82, 2.24) is 20.0 Å². The minimum absolute atomic E-state index is 0.00325. The Kier molecular flexibility index (Phi) is 4.82. The Hall–Kier alpha value is -3.22. The van der Waals surface area contributed by atoms with Gasteiger partial charge in [0.15, 0.2) is 5.82 Å². The maximum Gasteiger partial charge on any atom is 0.258 e. The monoisotopic (exact) mass is 364 g/mol. The first-order valence-electron chi connectivity index (χ1n) is 8.92. The average molecular weight is 364 g/mol. The van der Waals surface area contributed by atoms with Gasteiger partial charge in [0, 0.05) is 37.0 Å². The van der Waals surface area contributed by atoms with Crippen LogP contribution in [0.4, 0.5) is 0 Å². The number of amides is 1. The molecule has 3 heterocycles. The normalized spacial score (nSPS) is 14.9. The molecule has 0 radical (unpaired) electrons. The van der Waals surface area contributed by atoms with E-state index in [1.165, 1.54) is 0 Å². The zero-order chi connectivity index (χ0) is 18.6. The van der Waals surface area contributed by atoms with Crippen molar-refractivity contribution >= 4 is 5.91 Å². The number of piperidine rings is 1. The van der Waals surface area contributed by atoms with Gasteiger partial charge in [-0.1, -0.05) is 17.3 Å². The van der Waals surface area contributed by atoms with Crippen LogP contribution >= 0.6 is 0 Å². The van der Waals surface area contributed by atoms with Crippen LogP contribution in [0.1, 0.15) is 34.9 Å². The van der Waals surface area contributed by atoms with Gasteiger partial charge in [-0.25, -0.2) is 0 Å². The number of ether oxygens (including phenoxy) is 1. The molecule has 0 saturated carbocycles. The fourth-order valence-electron chi connectivity index (χ4n) is 3.34. The molecular formula is C20H20N4O3. The van der Waals surface area contributed by atoms with Gasteiger partial charge in [0.05, 0.1) is 12.7 Å². The minimum Gasteiger partial charge on any atom is -0.496 e. The summed E-state index contributed by atoms with van der Waals surface area (Å²) in [6, 6.07) is 11.0. The molecule has 3 aromatic rings. The molecule has 7 heteroatoms. The summed E-state index contributed by atoms with van der Waals surface area (Å²) in [5.41, 5.74) is 1.45. The van der Waals surface area contributed by atoms with Crippen molar-refractivity contribution in [2.24, 2.45) is 0 Å². The quantitative estimate of drug-likeness (QED) is 0.707. The summed E-state index contributed by atoms with van der Waals surface area (Å²) < 4.78 is 10.7. The molecule has 0 spiro atoms. The van der Waals surface area contributed by atoms with Crippen LogP contribution in [0.2, 0.25) is 0 Å². The van der Waals surface area contributed by atoms with E-state index in [0.717, 1.165) is 18.4 Å². The van der Waals surface area contributed by atoms with E-state index in [2.05, 4.69) is 15.1 Å². The molecule has 0 unspecified atom stereocenters. The first-order valence-corrected chi connectivity index (χ1v) is 8.92. The van der Waals surface area contributed by atoms with E-state index in [4.69, 9.17) is 9.26 Å². The number of aromatic nitrogens is 3. The highest BCUT2D eigenvalue weighted by Crippen LogP contribution is 2.29. The van der Waals surface area contributed by atoms with Gasteiger partial charge in [-0.3, -0.25) is 9.78 Å². The van der Waals surface area contributed by atoms with Crippen LogP contribution in [-0.2, 0) is 0 Å². The van der Waals surface area contributed by atoms with Crippen LogP contribution in [0.5, 0.6) is 5.75 Å². The third-order valence-electron chi connectivity index (χ3n) is 4.85. The molecular weight excluding hydrogens is 344 g/mol. The van der Waals surface area contributed by atoms with Gasteiger partial charge in [0.2, 0.25) is 0 Å². The second-order valence-electron chi connectivity index (χ2n) is 6.46.